The fraction of sp³-hybridized carbons (Fsp3) is 1.00. The first-order chi connectivity index (χ1) is 7.29. The number of fused-ring (bicyclic) bond motifs is 1. The van der Waals surface area contributed by atoms with Crippen molar-refractivity contribution in [2.75, 3.05) is 32.7 Å². The van der Waals surface area contributed by atoms with E-state index in [0.717, 1.165) is 31.5 Å². The molecule has 1 aliphatic heterocycles. The van der Waals surface area contributed by atoms with E-state index in [4.69, 9.17) is 0 Å². The number of hydrogen-bond donors (Lipinski definition) is 2. The van der Waals surface area contributed by atoms with Gasteiger partial charge in [0.1, 0.15) is 0 Å². The van der Waals surface area contributed by atoms with Crippen molar-refractivity contribution in [3.8, 4) is 0 Å². The Morgan fingerprint density at radius 3 is 2.60 bits per heavy atom. The maximum absolute atomic E-state index is 9.80. The van der Waals surface area contributed by atoms with Crippen molar-refractivity contribution in [3.63, 3.8) is 0 Å². The minimum absolute atomic E-state index is 0.191. The average Bonchev–Trinajstić information content (AvgIpc) is 2.74. The van der Waals surface area contributed by atoms with Crippen LogP contribution in [0.25, 0.3) is 0 Å². The molecular weight excluding hydrogens is 188 g/mol. The molecule has 1 aliphatic carbocycles. The Morgan fingerprint density at radius 2 is 2.00 bits per heavy atom. The molecule has 2 fully saturated rings. The van der Waals surface area contributed by atoms with E-state index in [1.807, 2.05) is 0 Å². The minimum Gasteiger partial charge on any atom is -0.390 e. The number of rotatable bonds is 5. The lowest BCUT2D eigenvalue weighted by molar-refractivity contribution is 0.120. The number of aliphatic hydroxyl groups is 1. The number of likely N-dealkylation sites (N-methyl/N-ethyl adjacent to an activating group) is 1. The molecule has 3 atom stereocenters. The molecule has 0 amide bonds. The van der Waals surface area contributed by atoms with Gasteiger partial charge in [0.15, 0.2) is 0 Å². The number of nitrogens with zero attached hydrogens (tertiary/aromatic N) is 1. The number of aliphatic hydroxyl groups excluding tert-OH is 1. The first-order valence-corrected chi connectivity index (χ1v) is 6.40. The van der Waals surface area contributed by atoms with Gasteiger partial charge in [-0.3, -0.25) is 0 Å². The van der Waals surface area contributed by atoms with Crippen LogP contribution in [0, 0.1) is 11.8 Å². The lowest BCUT2D eigenvalue weighted by atomic mass is 10.0. The van der Waals surface area contributed by atoms with Crippen LogP contribution in [-0.2, 0) is 0 Å². The van der Waals surface area contributed by atoms with Gasteiger partial charge >= 0.3 is 0 Å². The highest BCUT2D eigenvalue weighted by molar-refractivity contribution is 4.89. The predicted molar refractivity (Wildman–Crippen MR) is 61.8 cm³/mol. The van der Waals surface area contributed by atoms with Gasteiger partial charge in [0.25, 0.3) is 0 Å². The summed E-state index contributed by atoms with van der Waals surface area (Å²) in [6, 6.07) is 0. The number of likely N-dealkylation sites (tertiary alicyclic amines) is 1. The van der Waals surface area contributed by atoms with E-state index in [2.05, 4.69) is 17.1 Å². The zero-order valence-corrected chi connectivity index (χ0v) is 9.78. The van der Waals surface area contributed by atoms with Gasteiger partial charge in [-0.15, -0.1) is 0 Å². The molecule has 1 saturated carbocycles. The average molecular weight is 212 g/mol. The third-order valence-electron chi connectivity index (χ3n) is 3.90. The first-order valence-electron chi connectivity index (χ1n) is 6.40. The lowest BCUT2D eigenvalue weighted by Crippen LogP contribution is -2.37. The van der Waals surface area contributed by atoms with E-state index in [0.29, 0.717) is 0 Å². The second-order valence-electron chi connectivity index (χ2n) is 5.13. The summed E-state index contributed by atoms with van der Waals surface area (Å²) in [6.45, 7) is 7.08. The Hall–Kier alpha value is -0.120. The number of nitrogens with one attached hydrogen (secondary N) is 1. The normalized spacial score (nSPS) is 33.2. The minimum atomic E-state index is -0.191. The Kier molecular flexibility index (Phi) is 4.00. The van der Waals surface area contributed by atoms with Crippen molar-refractivity contribution < 1.29 is 5.11 Å². The summed E-state index contributed by atoms with van der Waals surface area (Å²) in [7, 11) is 0. The summed E-state index contributed by atoms with van der Waals surface area (Å²) in [5.41, 5.74) is 0. The number of hydrogen-bond acceptors (Lipinski definition) is 3. The molecule has 3 unspecified atom stereocenters. The zero-order valence-electron chi connectivity index (χ0n) is 9.78. The first kappa shape index (κ1) is 11.4. The summed E-state index contributed by atoms with van der Waals surface area (Å²) >= 11 is 0. The molecule has 88 valence electrons. The molecule has 0 aromatic heterocycles. The van der Waals surface area contributed by atoms with Crippen molar-refractivity contribution in [2.45, 2.75) is 32.3 Å². The van der Waals surface area contributed by atoms with Gasteiger partial charge in [0.2, 0.25) is 0 Å². The van der Waals surface area contributed by atoms with Crippen molar-refractivity contribution in [3.05, 3.63) is 0 Å². The smallest absolute Gasteiger partial charge is 0.0791 e. The molecule has 1 saturated heterocycles. The van der Waals surface area contributed by atoms with Crippen LogP contribution in [-0.4, -0.2) is 48.8 Å². The summed E-state index contributed by atoms with van der Waals surface area (Å²) in [5.74, 6) is 1.88. The molecule has 1 heterocycles. The second kappa shape index (κ2) is 5.28. The molecule has 3 nitrogen and oxygen atoms in total. The quantitative estimate of drug-likeness (QED) is 0.704. The molecule has 2 N–H and O–H groups in total. The summed E-state index contributed by atoms with van der Waals surface area (Å²) in [5, 5.41) is 13.0. The maximum Gasteiger partial charge on any atom is 0.0791 e. The monoisotopic (exact) mass is 212 g/mol. The predicted octanol–water partition coefficient (Wildman–Crippen LogP) is 0.689. The van der Waals surface area contributed by atoms with Crippen LogP contribution in [0.15, 0.2) is 0 Å². The van der Waals surface area contributed by atoms with Gasteiger partial charge in [0.05, 0.1) is 6.10 Å². The highest BCUT2D eigenvalue weighted by atomic mass is 16.3. The third-order valence-corrected chi connectivity index (χ3v) is 3.90. The fourth-order valence-electron chi connectivity index (χ4n) is 3.15. The highest BCUT2D eigenvalue weighted by Crippen LogP contribution is 2.37. The molecule has 15 heavy (non-hydrogen) atoms. The van der Waals surface area contributed by atoms with E-state index in [-0.39, 0.29) is 6.10 Å². The van der Waals surface area contributed by atoms with Gasteiger partial charge in [-0.05, 0) is 31.2 Å². The van der Waals surface area contributed by atoms with Crippen LogP contribution >= 0.6 is 0 Å². The van der Waals surface area contributed by atoms with Gasteiger partial charge in [-0.25, -0.2) is 0 Å². The lowest BCUT2D eigenvalue weighted by Gasteiger charge is -2.20. The molecule has 2 rings (SSSR count). The molecule has 3 heteroatoms. The summed E-state index contributed by atoms with van der Waals surface area (Å²) < 4.78 is 0. The third kappa shape index (κ3) is 2.92. The van der Waals surface area contributed by atoms with Crippen LogP contribution < -0.4 is 5.32 Å². The van der Waals surface area contributed by atoms with Crippen LogP contribution in [0.2, 0.25) is 0 Å². The second-order valence-corrected chi connectivity index (χ2v) is 5.13. The highest BCUT2D eigenvalue weighted by Gasteiger charge is 2.36. The van der Waals surface area contributed by atoms with Crippen LogP contribution in [0.1, 0.15) is 26.2 Å². The molecule has 0 aromatic rings. The van der Waals surface area contributed by atoms with Crippen molar-refractivity contribution in [1.29, 1.82) is 0 Å². The molecular formula is C12H24N2O. The van der Waals surface area contributed by atoms with Crippen LogP contribution in [0.4, 0.5) is 0 Å². The summed E-state index contributed by atoms with van der Waals surface area (Å²) in [6.07, 6.45) is 4.08. The Labute approximate surface area is 92.8 Å². The standard InChI is InChI=1S/C12H24N2O/c1-2-13-6-12(15)9-14-7-10-4-3-5-11(10)8-14/h10-13,15H,2-9H2,1H3. The van der Waals surface area contributed by atoms with Gasteiger partial charge in [-0.1, -0.05) is 13.3 Å². The summed E-state index contributed by atoms with van der Waals surface area (Å²) in [4.78, 5) is 2.45. The van der Waals surface area contributed by atoms with E-state index >= 15 is 0 Å². The van der Waals surface area contributed by atoms with Crippen molar-refractivity contribution in [2.24, 2.45) is 11.8 Å². The van der Waals surface area contributed by atoms with Gasteiger partial charge in [0, 0.05) is 26.2 Å². The van der Waals surface area contributed by atoms with E-state index in [1.165, 1.54) is 32.4 Å². The SMILES string of the molecule is CCNCC(O)CN1CC2CCCC2C1. The molecule has 0 bridgehead atoms. The fourth-order valence-corrected chi connectivity index (χ4v) is 3.15. The van der Waals surface area contributed by atoms with Crippen molar-refractivity contribution in [1.82, 2.24) is 10.2 Å². The molecule has 0 aromatic carbocycles. The van der Waals surface area contributed by atoms with Gasteiger partial charge in [-0.2, -0.15) is 0 Å². The number of β-amino-alcohol motifs (C(OH)–C–C–N with tert-alkyl or cyclic N) is 1. The Balaban J connectivity index is 1.68. The molecule has 0 radical (unpaired) electrons. The van der Waals surface area contributed by atoms with Crippen molar-refractivity contribution >= 4 is 0 Å². The van der Waals surface area contributed by atoms with E-state index < -0.39 is 0 Å². The van der Waals surface area contributed by atoms with Gasteiger partial charge < -0.3 is 15.3 Å². The molecule has 2 aliphatic rings. The maximum atomic E-state index is 9.80. The topological polar surface area (TPSA) is 35.5 Å². The molecule has 0 spiro atoms. The Morgan fingerprint density at radius 1 is 1.33 bits per heavy atom. The zero-order chi connectivity index (χ0) is 10.7. The largest absolute Gasteiger partial charge is 0.390 e. The van der Waals surface area contributed by atoms with E-state index in [9.17, 15) is 5.11 Å². The van der Waals surface area contributed by atoms with Crippen LogP contribution in [0.5, 0.6) is 0 Å². The Bertz CT molecular complexity index is 186. The van der Waals surface area contributed by atoms with Crippen LogP contribution in [0.3, 0.4) is 0 Å². The van der Waals surface area contributed by atoms with E-state index in [1.54, 1.807) is 0 Å².